The summed E-state index contributed by atoms with van der Waals surface area (Å²) < 4.78 is 12.2. The molecule has 0 saturated carbocycles. The number of furan rings is 1. The van der Waals surface area contributed by atoms with E-state index in [4.69, 9.17) is 14.9 Å². The van der Waals surface area contributed by atoms with Crippen LogP contribution in [0.25, 0.3) is 11.0 Å². The number of fused-ring (bicyclic) bond motifs is 1. The van der Waals surface area contributed by atoms with Gasteiger partial charge in [0, 0.05) is 9.86 Å². The van der Waals surface area contributed by atoms with Gasteiger partial charge in [0.25, 0.3) is 0 Å². The highest BCUT2D eigenvalue weighted by Gasteiger charge is 2.16. The molecular formula is C17H16BrNO2. The van der Waals surface area contributed by atoms with Gasteiger partial charge in [-0.1, -0.05) is 28.1 Å². The predicted octanol–water partition coefficient (Wildman–Crippen LogP) is 4.56. The SMILES string of the molecule is COc1cccc(C(N)c2cc3cc(Br)cc(C)c3o2)c1. The summed E-state index contributed by atoms with van der Waals surface area (Å²) in [6.45, 7) is 2.03. The number of methoxy groups -OCH3 is 1. The number of aryl methyl sites for hydroxylation is 1. The molecule has 0 radical (unpaired) electrons. The maximum absolute atomic E-state index is 6.33. The Morgan fingerprint density at radius 3 is 2.76 bits per heavy atom. The maximum atomic E-state index is 6.33. The van der Waals surface area contributed by atoms with Crippen LogP contribution in [0.15, 0.2) is 51.4 Å². The lowest BCUT2D eigenvalue weighted by Gasteiger charge is -2.10. The fraction of sp³-hybridized carbons (Fsp3) is 0.176. The van der Waals surface area contributed by atoms with Crippen LogP contribution in [-0.2, 0) is 0 Å². The quantitative estimate of drug-likeness (QED) is 0.756. The average molecular weight is 346 g/mol. The summed E-state index contributed by atoms with van der Waals surface area (Å²) in [5, 5.41) is 1.05. The minimum atomic E-state index is -0.314. The van der Waals surface area contributed by atoms with Gasteiger partial charge >= 0.3 is 0 Å². The molecule has 3 rings (SSSR count). The van der Waals surface area contributed by atoms with Crippen LogP contribution >= 0.6 is 15.9 Å². The van der Waals surface area contributed by atoms with Gasteiger partial charge in [-0.3, -0.25) is 0 Å². The van der Waals surface area contributed by atoms with Gasteiger partial charge < -0.3 is 14.9 Å². The molecular weight excluding hydrogens is 330 g/mol. The Bertz CT molecular complexity index is 795. The monoisotopic (exact) mass is 345 g/mol. The smallest absolute Gasteiger partial charge is 0.137 e. The molecule has 0 spiro atoms. The third kappa shape index (κ3) is 2.69. The van der Waals surface area contributed by atoms with Gasteiger partial charge in [-0.25, -0.2) is 0 Å². The van der Waals surface area contributed by atoms with E-state index in [2.05, 4.69) is 15.9 Å². The average Bonchev–Trinajstić information content (AvgIpc) is 2.90. The number of rotatable bonds is 3. The lowest BCUT2D eigenvalue weighted by molar-refractivity contribution is 0.413. The van der Waals surface area contributed by atoms with Crippen molar-refractivity contribution in [2.45, 2.75) is 13.0 Å². The highest BCUT2D eigenvalue weighted by molar-refractivity contribution is 9.10. The number of ether oxygens (including phenoxy) is 1. The molecule has 3 nitrogen and oxygen atoms in total. The summed E-state index contributed by atoms with van der Waals surface area (Å²) in [5.41, 5.74) is 9.26. The number of benzene rings is 2. The van der Waals surface area contributed by atoms with Crippen molar-refractivity contribution in [3.8, 4) is 5.75 Å². The van der Waals surface area contributed by atoms with Gasteiger partial charge in [0.2, 0.25) is 0 Å². The van der Waals surface area contributed by atoms with Crippen molar-refractivity contribution < 1.29 is 9.15 Å². The summed E-state index contributed by atoms with van der Waals surface area (Å²) in [6, 6.07) is 13.5. The van der Waals surface area contributed by atoms with Gasteiger partial charge in [0.05, 0.1) is 13.2 Å². The first-order valence-corrected chi connectivity index (χ1v) is 7.47. The van der Waals surface area contributed by atoms with Gasteiger partial charge in [0.1, 0.15) is 17.1 Å². The molecule has 1 heterocycles. The molecule has 0 aliphatic rings. The normalized spacial score (nSPS) is 12.6. The molecule has 1 unspecified atom stereocenters. The van der Waals surface area contributed by atoms with E-state index in [0.29, 0.717) is 0 Å². The van der Waals surface area contributed by atoms with Crippen LogP contribution in [-0.4, -0.2) is 7.11 Å². The van der Waals surface area contributed by atoms with Crippen molar-refractivity contribution >= 4 is 26.9 Å². The molecule has 3 aromatic rings. The summed E-state index contributed by atoms with van der Waals surface area (Å²) in [4.78, 5) is 0. The van der Waals surface area contributed by atoms with Gasteiger partial charge in [0.15, 0.2) is 0 Å². The largest absolute Gasteiger partial charge is 0.497 e. The molecule has 21 heavy (non-hydrogen) atoms. The Balaban J connectivity index is 2.05. The number of hydrogen-bond acceptors (Lipinski definition) is 3. The highest BCUT2D eigenvalue weighted by atomic mass is 79.9. The lowest BCUT2D eigenvalue weighted by Crippen LogP contribution is -2.10. The molecule has 2 aromatic carbocycles. The summed E-state index contributed by atoms with van der Waals surface area (Å²) >= 11 is 3.50. The van der Waals surface area contributed by atoms with Crippen molar-refractivity contribution in [3.63, 3.8) is 0 Å². The molecule has 0 fully saturated rings. The van der Waals surface area contributed by atoms with Crippen LogP contribution in [0.2, 0.25) is 0 Å². The minimum Gasteiger partial charge on any atom is -0.497 e. The summed E-state index contributed by atoms with van der Waals surface area (Å²) in [5.74, 6) is 1.54. The van der Waals surface area contributed by atoms with Crippen molar-refractivity contribution in [3.05, 3.63) is 63.8 Å². The van der Waals surface area contributed by atoms with E-state index in [9.17, 15) is 0 Å². The molecule has 0 bridgehead atoms. The second kappa shape index (κ2) is 5.54. The first-order valence-electron chi connectivity index (χ1n) is 6.67. The minimum absolute atomic E-state index is 0.314. The zero-order valence-electron chi connectivity index (χ0n) is 11.9. The number of halogens is 1. The highest BCUT2D eigenvalue weighted by Crippen LogP contribution is 2.31. The van der Waals surface area contributed by atoms with Crippen LogP contribution in [0.3, 0.4) is 0 Å². The van der Waals surface area contributed by atoms with Crippen molar-refractivity contribution in [2.75, 3.05) is 7.11 Å². The third-order valence-electron chi connectivity index (χ3n) is 3.55. The van der Waals surface area contributed by atoms with Crippen molar-refractivity contribution in [1.29, 1.82) is 0 Å². The van der Waals surface area contributed by atoms with Crippen LogP contribution in [0.5, 0.6) is 5.75 Å². The Kier molecular flexibility index (Phi) is 3.74. The molecule has 2 N–H and O–H groups in total. The van der Waals surface area contributed by atoms with E-state index in [0.717, 1.165) is 38.1 Å². The van der Waals surface area contributed by atoms with Crippen LogP contribution in [0.1, 0.15) is 22.9 Å². The standard InChI is InChI=1S/C17H16BrNO2/c1-10-6-13(18)7-12-9-15(21-17(10)12)16(19)11-4-3-5-14(8-11)20-2/h3-9,16H,19H2,1-2H3. The topological polar surface area (TPSA) is 48.4 Å². The molecule has 108 valence electrons. The van der Waals surface area contributed by atoms with Crippen LogP contribution in [0.4, 0.5) is 0 Å². The first-order chi connectivity index (χ1) is 10.1. The predicted molar refractivity (Wildman–Crippen MR) is 87.7 cm³/mol. The maximum Gasteiger partial charge on any atom is 0.137 e. The van der Waals surface area contributed by atoms with E-state index in [1.165, 1.54) is 0 Å². The molecule has 0 aliphatic heterocycles. The molecule has 0 amide bonds. The van der Waals surface area contributed by atoms with E-state index >= 15 is 0 Å². The van der Waals surface area contributed by atoms with Crippen LogP contribution < -0.4 is 10.5 Å². The number of nitrogens with two attached hydrogens (primary N) is 1. The van der Waals surface area contributed by atoms with E-state index in [-0.39, 0.29) is 6.04 Å². The Morgan fingerprint density at radius 1 is 1.19 bits per heavy atom. The van der Waals surface area contributed by atoms with Gasteiger partial charge in [-0.2, -0.15) is 0 Å². The Morgan fingerprint density at radius 2 is 2.00 bits per heavy atom. The fourth-order valence-corrected chi connectivity index (χ4v) is 3.05. The third-order valence-corrected chi connectivity index (χ3v) is 4.00. The molecule has 4 heteroatoms. The molecule has 0 saturated heterocycles. The van der Waals surface area contributed by atoms with Crippen LogP contribution in [0, 0.1) is 6.92 Å². The molecule has 1 aromatic heterocycles. The molecule has 1 atom stereocenters. The fourth-order valence-electron chi connectivity index (χ4n) is 2.46. The van der Waals surface area contributed by atoms with E-state index < -0.39 is 0 Å². The number of hydrogen-bond donors (Lipinski definition) is 1. The van der Waals surface area contributed by atoms with E-state index in [1.807, 2.05) is 49.4 Å². The second-order valence-electron chi connectivity index (χ2n) is 5.04. The molecule has 0 aliphatic carbocycles. The van der Waals surface area contributed by atoms with Crippen molar-refractivity contribution in [1.82, 2.24) is 0 Å². The first kappa shape index (κ1) is 14.2. The summed E-state index contributed by atoms with van der Waals surface area (Å²) in [6.07, 6.45) is 0. The Labute approximate surface area is 131 Å². The lowest BCUT2D eigenvalue weighted by atomic mass is 10.0. The Hall–Kier alpha value is -1.78. The second-order valence-corrected chi connectivity index (χ2v) is 5.96. The van der Waals surface area contributed by atoms with Gasteiger partial charge in [-0.05, 0) is 48.4 Å². The summed E-state index contributed by atoms with van der Waals surface area (Å²) in [7, 11) is 1.65. The van der Waals surface area contributed by atoms with Crippen molar-refractivity contribution in [2.24, 2.45) is 5.73 Å². The van der Waals surface area contributed by atoms with E-state index in [1.54, 1.807) is 7.11 Å². The zero-order valence-corrected chi connectivity index (χ0v) is 13.5. The zero-order chi connectivity index (χ0) is 15.0. The van der Waals surface area contributed by atoms with Gasteiger partial charge in [-0.15, -0.1) is 0 Å².